The minimum Gasteiger partial charge on any atom is -0.465 e. The molecule has 0 aliphatic rings. The van der Waals surface area contributed by atoms with Crippen molar-refractivity contribution < 1.29 is 14.3 Å². The molecule has 0 saturated heterocycles. The zero-order chi connectivity index (χ0) is 9.14. The summed E-state index contributed by atoms with van der Waals surface area (Å²) in [7, 11) is 0. The van der Waals surface area contributed by atoms with E-state index >= 15 is 0 Å². The van der Waals surface area contributed by atoms with E-state index in [0.29, 0.717) is 0 Å². The van der Waals surface area contributed by atoms with Crippen molar-refractivity contribution in [3.8, 4) is 0 Å². The molecule has 1 heterocycles. The lowest BCUT2D eigenvalue weighted by molar-refractivity contribution is 0.209. The van der Waals surface area contributed by atoms with Gasteiger partial charge in [-0.25, -0.2) is 14.2 Å². The van der Waals surface area contributed by atoms with Crippen molar-refractivity contribution in [2.45, 2.75) is 0 Å². The minimum absolute atomic E-state index is 0.0197. The van der Waals surface area contributed by atoms with Crippen LogP contribution < -0.4 is 5.32 Å². The molecule has 12 heavy (non-hydrogen) atoms. The van der Waals surface area contributed by atoms with Crippen molar-refractivity contribution in [1.29, 1.82) is 0 Å². The Bertz CT molecular complexity index is 318. The van der Waals surface area contributed by atoms with Gasteiger partial charge in [0.25, 0.3) is 0 Å². The molecule has 0 aromatic carbocycles. The lowest BCUT2D eigenvalue weighted by atomic mass is 10.4. The second kappa shape index (κ2) is 3.48. The maximum Gasteiger partial charge on any atom is 0.409 e. The maximum atomic E-state index is 12.9. The van der Waals surface area contributed by atoms with E-state index in [4.69, 9.17) is 5.11 Å². The average Bonchev–Trinajstić information content (AvgIpc) is 1.98. The van der Waals surface area contributed by atoms with Gasteiger partial charge >= 0.3 is 6.09 Å². The predicted octanol–water partition coefficient (Wildman–Crippen LogP) is 2.07. The van der Waals surface area contributed by atoms with Gasteiger partial charge in [-0.2, -0.15) is 0 Å². The Hall–Kier alpha value is -1.17. The SMILES string of the molecule is O=C(O)Nc1ccnc(Br)c1F. The minimum atomic E-state index is -1.31. The normalized spacial score (nSPS) is 9.50. The van der Waals surface area contributed by atoms with E-state index in [9.17, 15) is 9.18 Å². The molecule has 0 aliphatic heterocycles. The first-order valence-electron chi connectivity index (χ1n) is 2.91. The number of halogens is 2. The first-order chi connectivity index (χ1) is 5.61. The van der Waals surface area contributed by atoms with Crippen LogP contribution in [0.25, 0.3) is 0 Å². The van der Waals surface area contributed by atoms with Gasteiger partial charge in [0.15, 0.2) is 5.82 Å². The molecule has 0 saturated carbocycles. The highest BCUT2D eigenvalue weighted by Crippen LogP contribution is 2.19. The largest absolute Gasteiger partial charge is 0.465 e. The van der Waals surface area contributed by atoms with E-state index in [0.717, 1.165) is 0 Å². The third-order valence-corrected chi connectivity index (χ3v) is 1.64. The molecular weight excluding hydrogens is 231 g/mol. The van der Waals surface area contributed by atoms with Crippen molar-refractivity contribution in [3.63, 3.8) is 0 Å². The van der Waals surface area contributed by atoms with Crippen LogP contribution in [0.1, 0.15) is 0 Å². The Labute approximate surface area is 75.6 Å². The fourth-order valence-corrected chi connectivity index (χ4v) is 0.962. The Morgan fingerprint density at radius 1 is 1.75 bits per heavy atom. The van der Waals surface area contributed by atoms with E-state index in [2.05, 4.69) is 20.9 Å². The standard InChI is InChI=1S/C6H4BrFN2O2/c7-5-4(8)3(1-2-9-5)10-6(11)12/h1-2H,(H,9,10)(H,11,12). The van der Waals surface area contributed by atoms with Gasteiger partial charge in [-0.05, 0) is 22.0 Å². The van der Waals surface area contributed by atoms with Gasteiger partial charge < -0.3 is 5.11 Å². The van der Waals surface area contributed by atoms with Crippen LogP contribution in [-0.4, -0.2) is 16.2 Å². The molecule has 0 atom stereocenters. The number of pyridine rings is 1. The highest BCUT2D eigenvalue weighted by Gasteiger charge is 2.08. The van der Waals surface area contributed by atoms with Gasteiger partial charge in [0.05, 0.1) is 5.69 Å². The van der Waals surface area contributed by atoms with Crippen LogP contribution in [-0.2, 0) is 0 Å². The fourth-order valence-electron chi connectivity index (χ4n) is 0.630. The molecule has 0 bridgehead atoms. The summed E-state index contributed by atoms with van der Waals surface area (Å²) in [6.07, 6.45) is -0.0228. The number of amides is 1. The van der Waals surface area contributed by atoms with Crippen molar-refractivity contribution in [2.75, 3.05) is 5.32 Å². The van der Waals surface area contributed by atoms with Crippen LogP contribution in [0.4, 0.5) is 14.9 Å². The monoisotopic (exact) mass is 234 g/mol. The number of rotatable bonds is 1. The Kier molecular flexibility index (Phi) is 2.59. The van der Waals surface area contributed by atoms with Gasteiger partial charge in [0.2, 0.25) is 0 Å². The third kappa shape index (κ3) is 1.91. The second-order valence-electron chi connectivity index (χ2n) is 1.89. The number of hydrogen-bond acceptors (Lipinski definition) is 2. The van der Waals surface area contributed by atoms with Crippen LogP contribution >= 0.6 is 15.9 Å². The number of hydrogen-bond donors (Lipinski definition) is 2. The van der Waals surface area contributed by atoms with Crippen molar-refractivity contribution in [2.24, 2.45) is 0 Å². The average molecular weight is 235 g/mol. The molecule has 0 unspecified atom stereocenters. The van der Waals surface area contributed by atoms with Crippen LogP contribution in [0.3, 0.4) is 0 Å². The summed E-state index contributed by atoms with van der Waals surface area (Å²) < 4.78 is 12.9. The number of aromatic nitrogens is 1. The Morgan fingerprint density at radius 3 is 3.00 bits per heavy atom. The van der Waals surface area contributed by atoms with E-state index in [1.54, 1.807) is 0 Å². The van der Waals surface area contributed by atoms with E-state index in [-0.39, 0.29) is 10.3 Å². The molecule has 2 N–H and O–H groups in total. The predicted molar refractivity (Wildman–Crippen MR) is 43.5 cm³/mol. The summed E-state index contributed by atoms with van der Waals surface area (Å²) in [6.45, 7) is 0. The summed E-state index contributed by atoms with van der Waals surface area (Å²) in [6, 6.07) is 1.23. The first kappa shape index (κ1) is 8.92. The molecule has 0 aliphatic carbocycles. The van der Waals surface area contributed by atoms with Crippen molar-refractivity contribution >= 4 is 27.7 Å². The first-order valence-corrected chi connectivity index (χ1v) is 3.70. The Balaban J connectivity index is 3.00. The number of nitrogens with zero attached hydrogens (tertiary/aromatic N) is 1. The van der Waals surface area contributed by atoms with Gasteiger partial charge in [-0.3, -0.25) is 5.32 Å². The fraction of sp³-hybridized carbons (Fsp3) is 0. The molecule has 0 spiro atoms. The summed E-state index contributed by atoms with van der Waals surface area (Å²) in [5.74, 6) is -0.722. The number of carboxylic acid groups (broad SMARTS) is 1. The summed E-state index contributed by atoms with van der Waals surface area (Å²) in [5, 5.41) is 10.2. The van der Waals surface area contributed by atoms with Gasteiger partial charge in [-0.15, -0.1) is 0 Å². The van der Waals surface area contributed by atoms with Gasteiger partial charge in [-0.1, -0.05) is 0 Å². The van der Waals surface area contributed by atoms with Crippen LogP contribution in [0.2, 0.25) is 0 Å². The highest BCUT2D eigenvalue weighted by atomic mass is 79.9. The summed E-state index contributed by atoms with van der Waals surface area (Å²) >= 11 is 2.82. The third-order valence-electron chi connectivity index (χ3n) is 1.09. The molecule has 1 rings (SSSR count). The summed E-state index contributed by atoms with van der Waals surface area (Å²) in [4.78, 5) is 13.7. The molecule has 1 aromatic rings. The van der Waals surface area contributed by atoms with Crippen LogP contribution in [0.5, 0.6) is 0 Å². The zero-order valence-electron chi connectivity index (χ0n) is 5.71. The van der Waals surface area contributed by atoms with E-state index < -0.39 is 11.9 Å². The molecule has 0 radical (unpaired) electrons. The van der Waals surface area contributed by atoms with Crippen LogP contribution in [0.15, 0.2) is 16.9 Å². The molecule has 64 valence electrons. The lowest BCUT2D eigenvalue weighted by Gasteiger charge is -2.01. The zero-order valence-corrected chi connectivity index (χ0v) is 7.30. The molecular formula is C6H4BrFN2O2. The number of anilines is 1. The molecule has 0 fully saturated rings. The quantitative estimate of drug-likeness (QED) is 0.732. The van der Waals surface area contributed by atoms with E-state index in [1.165, 1.54) is 12.3 Å². The molecule has 1 amide bonds. The maximum absolute atomic E-state index is 12.9. The number of carbonyl (C=O) groups is 1. The van der Waals surface area contributed by atoms with E-state index in [1.807, 2.05) is 5.32 Å². The van der Waals surface area contributed by atoms with Crippen molar-refractivity contribution in [1.82, 2.24) is 4.98 Å². The van der Waals surface area contributed by atoms with Crippen molar-refractivity contribution in [3.05, 3.63) is 22.7 Å². The molecule has 1 aromatic heterocycles. The number of nitrogens with one attached hydrogen (secondary N) is 1. The Morgan fingerprint density at radius 2 is 2.42 bits per heavy atom. The highest BCUT2D eigenvalue weighted by molar-refractivity contribution is 9.10. The van der Waals surface area contributed by atoms with Gasteiger partial charge in [0, 0.05) is 6.20 Å². The molecule has 4 nitrogen and oxygen atoms in total. The molecule has 6 heteroatoms. The van der Waals surface area contributed by atoms with Crippen LogP contribution in [0, 0.1) is 5.82 Å². The topological polar surface area (TPSA) is 62.2 Å². The van der Waals surface area contributed by atoms with Gasteiger partial charge in [0.1, 0.15) is 4.60 Å². The smallest absolute Gasteiger partial charge is 0.409 e. The summed E-state index contributed by atoms with van der Waals surface area (Å²) in [5.41, 5.74) is -0.121. The lowest BCUT2D eigenvalue weighted by Crippen LogP contribution is -2.09. The second-order valence-corrected chi connectivity index (χ2v) is 2.64.